The smallest absolute Gasteiger partial charge is 0.286 e. The highest BCUT2D eigenvalue weighted by molar-refractivity contribution is 8.26. The van der Waals surface area contributed by atoms with Gasteiger partial charge < -0.3 is 4.90 Å². The van der Waals surface area contributed by atoms with Crippen LogP contribution < -0.4 is 10.3 Å². The Balaban J connectivity index is 1.68. The zero-order chi connectivity index (χ0) is 20.9. The van der Waals surface area contributed by atoms with Gasteiger partial charge in [0.05, 0.1) is 31.8 Å². The van der Waals surface area contributed by atoms with Crippen molar-refractivity contribution >= 4 is 80.5 Å². The maximum Gasteiger partial charge on any atom is 0.286 e. The second kappa shape index (κ2) is 7.46. The first-order valence-electron chi connectivity index (χ1n) is 8.24. The van der Waals surface area contributed by atoms with Crippen molar-refractivity contribution in [2.24, 2.45) is 0 Å². The molecule has 10 heteroatoms. The minimum Gasteiger partial charge on any atom is -0.311 e. The highest BCUT2D eigenvalue weighted by Crippen LogP contribution is 2.43. The van der Waals surface area contributed by atoms with Crippen LogP contribution in [0, 0.1) is 0 Å². The Hall–Kier alpha value is -2.39. The lowest BCUT2D eigenvalue weighted by molar-refractivity contribution is -0.124. The lowest BCUT2D eigenvalue weighted by Gasteiger charge is -2.16. The maximum absolute atomic E-state index is 13.0. The van der Waals surface area contributed by atoms with E-state index in [-0.39, 0.29) is 36.3 Å². The van der Waals surface area contributed by atoms with Crippen LogP contribution in [0.2, 0.25) is 10.0 Å². The Bertz CT molecular complexity index is 1150. The van der Waals surface area contributed by atoms with Crippen molar-refractivity contribution in [3.05, 3.63) is 68.5 Å². The molecule has 1 saturated heterocycles. The van der Waals surface area contributed by atoms with E-state index in [0.29, 0.717) is 11.3 Å². The van der Waals surface area contributed by atoms with Crippen LogP contribution >= 0.6 is 47.2 Å². The molecule has 0 aromatic heterocycles. The summed E-state index contributed by atoms with van der Waals surface area (Å²) >= 11 is 18.2. The molecular formula is C19H11Cl2N3O3S2. The number of amides is 3. The summed E-state index contributed by atoms with van der Waals surface area (Å²) < 4.78 is 0.101. The standard InChI is InChI=1S/C19H11Cl2N3O3S2/c1-23-12-8-3-2-5-9(12)13(17(23)26)15-18(27)24(19(28)29-15)22-16(25)10-6-4-7-11(20)14(10)21/h2-8H,1H3,(H,22,25). The van der Waals surface area contributed by atoms with Gasteiger partial charge in [-0.05, 0) is 30.4 Å². The van der Waals surface area contributed by atoms with Crippen LogP contribution in [-0.2, 0) is 9.59 Å². The number of anilines is 1. The van der Waals surface area contributed by atoms with Crippen molar-refractivity contribution in [3.8, 4) is 0 Å². The summed E-state index contributed by atoms with van der Waals surface area (Å²) in [6, 6.07) is 11.8. The van der Waals surface area contributed by atoms with Crippen molar-refractivity contribution in [2.75, 3.05) is 11.9 Å². The number of fused-ring (bicyclic) bond motifs is 1. The molecule has 3 amide bonds. The second-order valence-corrected chi connectivity index (χ2v) is 8.57. The van der Waals surface area contributed by atoms with Gasteiger partial charge in [0.25, 0.3) is 17.7 Å². The van der Waals surface area contributed by atoms with Gasteiger partial charge in [-0.2, -0.15) is 5.01 Å². The Morgan fingerprint density at radius 1 is 1.07 bits per heavy atom. The molecule has 0 bridgehead atoms. The van der Waals surface area contributed by atoms with E-state index in [2.05, 4.69) is 5.43 Å². The third-order valence-corrected chi connectivity index (χ3v) is 6.65. The van der Waals surface area contributed by atoms with Crippen LogP contribution in [0.1, 0.15) is 15.9 Å². The molecule has 0 unspecified atom stereocenters. The monoisotopic (exact) mass is 463 g/mol. The number of carbonyl (C=O) groups excluding carboxylic acids is 3. The molecule has 2 aromatic rings. The number of hydrazine groups is 1. The number of hydrogen-bond donors (Lipinski definition) is 1. The fraction of sp³-hybridized carbons (Fsp3) is 0.0526. The van der Waals surface area contributed by atoms with Gasteiger partial charge in [0.1, 0.15) is 0 Å². The molecule has 146 valence electrons. The van der Waals surface area contributed by atoms with E-state index in [1.54, 1.807) is 37.4 Å². The van der Waals surface area contributed by atoms with Gasteiger partial charge in [0.15, 0.2) is 4.32 Å². The number of likely N-dealkylation sites (N-methyl/N-ethyl adjacent to an activating group) is 1. The molecule has 6 nitrogen and oxygen atoms in total. The van der Waals surface area contributed by atoms with Gasteiger partial charge >= 0.3 is 0 Å². The van der Waals surface area contributed by atoms with E-state index in [1.165, 1.54) is 11.0 Å². The molecule has 1 N–H and O–H groups in total. The summed E-state index contributed by atoms with van der Waals surface area (Å²) in [4.78, 5) is 40.0. The molecular weight excluding hydrogens is 453 g/mol. The van der Waals surface area contributed by atoms with Crippen LogP contribution in [0.4, 0.5) is 5.69 Å². The number of nitrogens with zero attached hydrogens (tertiary/aromatic N) is 2. The average molecular weight is 464 g/mol. The minimum atomic E-state index is -0.643. The van der Waals surface area contributed by atoms with Crippen LogP contribution in [0.15, 0.2) is 47.4 Å². The van der Waals surface area contributed by atoms with E-state index >= 15 is 0 Å². The number of thioether (sulfide) groups is 1. The van der Waals surface area contributed by atoms with Crippen molar-refractivity contribution in [3.63, 3.8) is 0 Å². The number of rotatable bonds is 2. The highest BCUT2D eigenvalue weighted by Gasteiger charge is 2.41. The van der Waals surface area contributed by atoms with E-state index in [1.807, 2.05) is 6.07 Å². The Morgan fingerprint density at radius 2 is 1.79 bits per heavy atom. The third kappa shape index (κ3) is 3.22. The van der Waals surface area contributed by atoms with Gasteiger partial charge in [-0.3, -0.25) is 19.8 Å². The van der Waals surface area contributed by atoms with Crippen molar-refractivity contribution in [1.29, 1.82) is 0 Å². The molecule has 2 aromatic carbocycles. The minimum absolute atomic E-state index is 0.0667. The summed E-state index contributed by atoms with van der Waals surface area (Å²) in [6.45, 7) is 0. The van der Waals surface area contributed by atoms with Crippen LogP contribution in [0.25, 0.3) is 5.57 Å². The molecule has 0 saturated carbocycles. The van der Waals surface area contributed by atoms with Crippen LogP contribution in [-0.4, -0.2) is 34.1 Å². The fourth-order valence-corrected chi connectivity index (χ4v) is 4.68. The topological polar surface area (TPSA) is 69.7 Å². The van der Waals surface area contributed by atoms with E-state index in [4.69, 9.17) is 35.4 Å². The number of para-hydroxylation sites is 1. The van der Waals surface area contributed by atoms with Gasteiger partial charge in [-0.25, -0.2) is 0 Å². The Labute approximate surface area is 185 Å². The molecule has 1 fully saturated rings. The van der Waals surface area contributed by atoms with Crippen molar-refractivity contribution < 1.29 is 14.4 Å². The molecule has 4 rings (SSSR count). The molecule has 0 spiro atoms. The maximum atomic E-state index is 13.0. The van der Waals surface area contributed by atoms with Gasteiger partial charge in [-0.15, -0.1) is 0 Å². The zero-order valence-electron chi connectivity index (χ0n) is 14.7. The van der Waals surface area contributed by atoms with Crippen molar-refractivity contribution in [2.45, 2.75) is 0 Å². The number of carbonyl (C=O) groups is 3. The van der Waals surface area contributed by atoms with Gasteiger partial charge in [-0.1, -0.05) is 59.2 Å². The van der Waals surface area contributed by atoms with E-state index < -0.39 is 11.8 Å². The summed E-state index contributed by atoms with van der Waals surface area (Å²) in [5.41, 5.74) is 4.15. The molecule has 0 aliphatic carbocycles. The molecule has 0 radical (unpaired) electrons. The Morgan fingerprint density at radius 3 is 2.55 bits per heavy atom. The molecule has 29 heavy (non-hydrogen) atoms. The summed E-state index contributed by atoms with van der Waals surface area (Å²) in [5.74, 6) is -1.54. The lowest BCUT2D eigenvalue weighted by Crippen LogP contribution is -2.45. The van der Waals surface area contributed by atoms with Gasteiger partial charge in [0.2, 0.25) is 0 Å². The largest absolute Gasteiger partial charge is 0.311 e. The zero-order valence-corrected chi connectivity index (χ0v) is 17.9. The van der Waals surface area contributed by atoms with Gasteiger partial charge in [0, 0.05) is 12.6 Å². The number of hydrogen-bond acceptors (Lipinski definition) is 5. The number of halogens is 2. The van der Waals surface area contributed by atoms with Crippen LogP contribution in [0.5, 0.6) is 0 Å². The second-order valence-electron chi connectivity index (χ2n) is 6.14. The molecule has 2 aliphatic rings. The van der Waals surface area contributed by atoms with Crippen LogP contribution in [0.3, 0.4) is 0 Å². The third-order valence-electron chi connectivity index (χ3n) is 4.46. The molecule has 2 aliphatic heterocycles. The molecule has 2 heterocycles. The lowest BCUT2D eigenvalue weighted by atomic mass is 10.1. The number of thiocarbonyl (C=S) groups is 1. The normalized spacial score (nSPS) is 18.5. The predicted octanol–water partition coefficient (Wildman–Crippen LogP) is 3.89. The fourth-order valence-electron chi connectivity index (χ4n) is 3.05. The first kappa shape index (κ1) is 19.9. The summed E-state index contributed by atoms with van der Waals surface area (Å²) in [5, 5.41) is 1.22. The predicted molar refractivity (Wildman–Crippen MR) is 118 cm³/mol. The summed E-state index contributed by atoms with van der Waals surface area (Å²) in [6.07, 6.45) is 0. The number of benzene rings is 2. The molecule has 0 atom stereocenters. The first-order valence-corrected chi connectivity index (χ1v) is 10.2. The highest BCUT2D eigenvalue weighted by atomic mass is 35.5. The summed E-state index contributed by atoms with van der Waals surface area (Å²) in [7, 11) is 1.64. The quantitative estimate of drug-likeness (QED) is 0.540. The first-order chi connectivity index (χ1) is 13.8. The Kier molecular flexibility index (Phi) is 5.12. The van der Waals surface area contributed by atoms with E-state index in [0.717, 1.165) is 16.8 Å². The van der Waals surface area contributed by atoms with Crippen molar-refractivity contribution in [1.82, 2.24) is 10.4 Å². The van der Waals surface area contributed by atoms with E-state index in [9.17, 15) is 14.4 Å². The average Bonchev–Trinajstić information content (AvgIpc) is 3.11. The SMILES string of the molecule is CN1C(=O)C(=C2SC(=S)N(NC(=O)c3cccc(Cl)c3Cl)C2=O)c2ccccc21. The number of nitrogens with one attached hydrogen (secondary N) is 1.